The molecule has 0 spiro atoms. The zero-order chi connectivity index (χ0) is 17.8. The molecule has 2 heterocycles. The van der Waals surface area contributed by atoms with Crippen LogP contribution >= 0.6 is 0 Å². The van der Waals surface area contributed by atoms with E-state index in [-0.39, 0.29) is 17.5 Å². The van der Waals surface area contributed by atoms with Gasteiger partial charge in [-0.2, -0.15) is 5.10 Å². The fraction of sp³-hybridized carbons (Fsp3) is 0.737. The number of carboxylic acids is 1. The molecule has 0 unspecified atom stereocenters. The molecule has 1 aromatic rings. The van der Waals surface area contributed by atoms with Crippen molar-refractivity contribution in [2.45, 2.75) is 70.8 Å². The van der Waals surface area contributed by atoms with Gasteiger partial charge in [-0.25, -0.2) is 4.79 Å². The van der Waals surface area contributed by atoms with Gasteiger partial charge in [0.2, 0.25) is 5.91 Å². The van der Waals surface area contributed by atoms with E-state index in [1.807, 2.05) is 9.58 Å². The lowest BCUT2D eigenvalue weighted by Crippen LogP contribution is -2.39. The van der Waals surface area contributed by atoms with Crippen LogP contribution in [0.15, 0.2) is 6.20 Å². The van der Waals surface area contributed by atoms with Crippen LogP contribution < -0.4 is 0 Å². The first-order valence-electron chi connectivity index (χ1n) is 9.61. The minimum Gasteiger partial charge on any atom is -0.478 e. The summed E-state index contributed by atoms with van der Waals surface area (Å²) in [5.41, 5.74) is 0.973. The monoisotopic (exact) mass is 347 g/mol. The normalized spacial score (nSPS) is 20.0. The van der Waals surface area contributed by atoms with Gasteiger partial charge in [0.05, 0.1) is 17.9 Å². The second kappa shape index (κ2) is 8.02. The summed E-state index contributed by atoms with van der Waals surface area (Å²) in [6.07, 6.45) is 11.4. The Morgan fingerprint density at radius 2 is 1.84 bits per heavy atom. The first kappa shape index (κ1) is 18.0. The van der Waals surface area contributed by atoms with Crippen LogP contribution in [0.25, 0.3) is 0 Å². The molecule has 1 saturated carbocycles. The van der Waals surface area contributed by atoms with Gasteiger partial charge in [-0.15, -0.1) is 0 Å². The van der Waals surface area contributed by atoms with Gasteiger partial charge in [0, 0.05) is 19.5 Å². The Hall–Kier alpha value is -1.85. The number of nitrogens with zero attached hydrogens (tertiary/aromatic N) is 3. The predicted molar refractivity (Wildman–Crippen MR) is 94.6 cm³/mol. The molecule has 1 N–H and O–H groups in total. The quantitative estimate of drug-likeness (QED) is 0.885. The summed E-state index contributed by atoms with van der Waals surface area (Å²) >= 11 is 0. The number of amides is 1. The van der Waals surface area contributed by atoms with Gasteiger partial charge in [-0.3, -0.25) is 9.48 Å². The van der Waals surface area contributed by atoms with Gasteiger partial charge in [0.1, 0.15) is 5.56 Å². The van der Waals surface area contributed by atoms with Crippen molar-refractivity contribution in [3.05, 3.63) is 17.5 Å². The number of carbonyl (C=O) groups excluding carboxylic acids is 1. The molecule has 2 fully saturated rings. The number of rotatable bonds is 5. The fourth-order valence-corrected chi connectivity index (χ4v) is 4.32. The van der Waals surface area contributed by atoms with Gasteiger partial charge >= 0.3 is 5.97 Å². The molecule has 1 amide bonds. The van der Waals surface area contributed by atoms with E-state index < -0.39 is 5.97 Å². The van der Waals surface area contributed by atoms with Crippen LogP contribution in [-0.4, -0.2) is 44.8 Å². The van der Waals surface area contributed by atoms with Crippen LogP contribution in [0.3, 0.4) is 0 Å². The van der Waals surface area contributed by atoms with Crippen molar-refractivity contribution in [1.29, 1.82) is 0 Å². The van der Waals surface area contributed by atoms with E-state index in [2.05, 4.69) is 5.10 Å². The molecule has 1 aliphatic carbocycles. The summed E-state index contributed by atoms with van der Waals surface area (Å²) < 4.78 is 1.83. The minimum atomic E-state index is -0.931. The highest BCUT2D eigenvalue weighted by Crippen LogP contribution is 2.29. The molecular weight excluding hydrogens is 318 g/mol. The van der Waals surface area contributed by atoms with E-state index in [9.17, 15) is 9.59 Å². The Balaban J connectivity index is 1.48. The lowest BCUT2D eigenvalue weighted by molar-refractivity contribution is -0.132. The Morgan fingerprint density at radius 1 is 1.16 bits per heavy atom. The number of carbonyl (C=O) groups is 2. The van der Waals surface area contributed by atoms with Crippen molar-refractivity contribution in [3.8, 4) is 0 Å². The molecular formula is C19H29N3O3. The van der Waals surface area contributed by atoms with Crippen LogP contribution in [0, 0.1) is 12.8 Å². The summed E-state index contributed by atoms with van der Waals surface area (Å²) in [5, 5.41) is 13.4. The van der Waals surface area contributed by atoms with E-state index in [4.69, 9.17) is 5.11 Å². The third kappa shape index (κ3) is 4.22. The maximum absolute atomic E-state index is 12.5. The van der Waals surface area contributed by atoms with Crippen LogP contribution in [0.4, 0.5) is 0 Å². The van der Waals surface area contributed by atoms with Crippen molar-refractivity contribution in [1.82, 2.24) is 14.7 Å². The number of hydrogen-bond acceptors (Lipinski definition) is 3. The summed E-state index contributed by atoms with van der Waals surface area (Å²) in [6, 6.07) is 0.190. The largest absolute Gasteiger partial charge is 0.478 e. The molecule has 1 aliphatic heterocycles. The topological polar surface area (TPSA) is 75.4 Å². The van der Waals surface area contributed by atoms with Crippen molar-refractivity contribution >= 4 is 11.9 Å². The Morgan fingerprint density at radius 3 is 2.44 bits per heavy atom. The molecule has 0 atom stereocenters. The first-order chi connectivity index (χ1) is 12.1. The van der Waals surface area contributed by atoms with Crippen molar-refractivity contribution in [2.75, 3.05) is 13.1 Å². The van der Waals surface area contributed by atoms with Crippen LogP contribution in [-0.2, 0) is 4.79 Å². The van der Waals surface area contributed by atoms with Gasteiger partial charge in [-0.1, -0.05) is 32.1 Å². The smallest absolute Gasteiger partial charge is 0.339 e. The zero-order valence-electron chi connectivity index (χ0n) is 15.1. The minimum absolute atomic E-state index is 0.190. The molecule has 2 aliphatic rings. The van der Waals surface area contributed by atoms with Crippen molar-refractivity contribution in [2.24, 2.45) is 5.92 Å². The Kier molecular flexibility index (Phi) is 5.76. The van der Waals surface area contributed by atoms with Gasteiger partial charge in [0.15, 0.2) is 0 Å². The first-order valence-corrected chi connectivity index (χ1v) is 9.61. The number of hydrogen-bond donors (Lipinski definition) is 1. The number of aromatic nitrogens is 2. The van der Waals surface area contributed by atoms with Crippen molar-refractivity contribution < 1.29 is 14.7 Å². The lowest BCUT2D eigenvalue weighted by atomic mass is 9.86. The summed E-state index contributed by atoms with van der Waals surface area (Å²) in [6.45, 7) is 3.30. The molecule has 1 saturated heterocycles. The zero-order valence-corrected chi connectivity index (χ0v) is 15.1. The van der Waals surface area contributed by atoms with Crippen LogP contribution in [0.5, 0.6) is 0 Å². The molecule has 0 radical (unpaired) electrons. The number of aromatic carboxylic acids is 1. The molecule has 138 valence electrons. The lowest BCUT2D eigenvalue weighted by Gasteiger charge is -2.33. The molecule has 6 heteroatoms. The average molecular weight is 347 g/mol. The van der Waals surface area contributed by atoms with Crippen LogP contribution in [0.2, 0.25) is 0 Å². The second-order valence-electron chi connectivity index (χ2n) is 7.55. The Bertz CT molecular complexity index is 611. The van der Waals surface area contributed by atoms with E-state index in [0.29, 0.717) is 12.1 Å². The maximum Gasteiger partial charge on any atom is 0.339 e. The SMILES string of the molecule is Cc1c(C(=O)O)cnn1C1CCN(C(=O)CCC2CCCCC2)CC1. The summed E-state index contributed by atoms with van der Waals surface area (Å²) in [7, 11) is 0. The molecule has 0 aromatic carbocycles. The molecule has 6 nitrogen and oxygen atoms in total. The highest BCUT2D eigenvalue weighted by molar-refractivity contribution is 5.88. The standard InChI is InChI=1S/C19H29N3O3/c1-14-17(19(24)25)13-20-22(14)16-9-11-21(12-10-16)18(23)8-7-15-5-3-2-4-6-15/h13,15-16H,2-12H2,1H3,(H,24,25). The van der Waals surface area contributed by atoms with E-state index >= 15 is 0 Å². The third-order valence-electron chi connectivity index (χ3n) is 5.93. The third-order valence-corrected chi connectivity index (χ3v) is 5.93. The Labute approximate surface area is 149 Å². The maximum atomic E-state index is 12.5. The second-order valence-corrected chi connectivity index (χ2v) is 7.55. The van der Waals surface area contributed by atoms with E-state index in [1.54, 1.807) is 6.92 Å². The van der Waals surface area contributed by atoms with Gasteiger partial charge in [-0.05, 0) is 32.1 Å². The van der Waals surface area contributed by atoms with E-state index in [0.717, 1.165) is 38.3 Å². The molecule has 1 aromatic heterocycles. The highest BCUT2D eigenvalue weighted by atomic mass is 16.4. The molecule has 0 bridgehead atoms. The molecule has 3 rings (SSSR count). The number of piperidine rings is 1. The summed E-state index contributed by atoms with van der Waals surface area (Å²) in [4.78, 5) is 25.6. The average Bonchev–Trinajstić information content (AvgIpc) is 3.02. The van der Waals surface area contributed by atoms with Gasteiger partial charge in [0.25, 0.3) is 0 Å². The van der Waals surface area contributed by atoms with Gasteiger partial charge < -0.3 is 10.0 Å². The summed E-state index contributed by atoms with van der Waals surface area (Å²) in [5.74, 6) is 0.0999. The van der Waals surface area contributed by atoms with E-state index in [1.165, 1.54) is 38.3 Å². The van der Waals surface area contributed by atoms with Crippen molar-refractivity contribution in [3.63, 3.8) is 0 Å². The predicted octanol–water partition coefficient (Wildman–Crippen LogP) is 3.41. The number of carboxylic acid groups (broad SMARTS) is 1. The number of likely N-dealkylation sites (tertiary alicyclic amines) is 1. The van der Waals surface area contributed by atoms with Crippen LogP contribution in [0.1, 0.15) is 79.9 Å². The highest BCUT2D eigenvalue weighted by Gasteiger charge is 2.27. The molecule has 25 heavy (non-hydrogen) atoms. The fourth-order valence-electron chi connectivity index (χ4n) is 4.32.